The van der Waals surface area contributed by atoms with Gasteiger partial charge in [0.25, 0.3) is 0 Å². The molecule has 0 aliphatic heterocycles. The highest BCUT2D eigenvalue weighted by Crippen LogP contribution is 2.01. The molecule has 0 saturated heterocycles. The number of aryl methyl sites for hydroxylation is 1. The zero-order valence-electron chi connectivity index (χ0n) is 7.64. The van der Waals surface area contributed by atoms with Crippen molar-refractivity contribution in [3.63, 3.8) is 0 Å². The quantitative estimate of drug-likeness (QED) is 0.691. The summed E-state index contributed by atoms with van der Waals surface area (Å²) in [6, 6.07) is 0. The lowest BCUT2D eigenvalue weighted by atomic mass is 10.2. The van der Waals surface area contributed by atoms with Crippen molar-refractivity contribution in [2.45, 2.75) is 6.42 Å². The molecule has 0 bridgehead atoms. The minimum Gasteiger partial charge on any atom is -0.338 e. The summed E-state index contributed by atoms with van der Waals surface area (Å²) in [5.41, 5.74) is 0.341. The second-order valence-corrected chi connectivity index (χ2v) is 2.91. The lowest BCUT2D eigenvalue weighted by molar-refractivity contribution is 0.0985. The minimum absolute atomic E-state index is 0.0898. The van der Waals surface area contributed by atoms with Crippen molar-refractivity contribution in [1.29, 1.82) is 0 Å². The molecule has 1 N–H and O–H groups in total. The van der Waals surface area contributed by atoms with Crippen LogP contribution in [-0.2, 0) is 13.5 Å². The molecule has 2 aromatic rings. The van der Waals surface area contributed by atoms with Crippen LogP contribution in [0.3, 0.4) is 0 Å². The summed E-state index contributed by atoms with van der Waals surface area (Å²) in [5, 5.41) is 9.67. The van der Waals surface area contributed by atoms with Crippen LogP contribution in [0.15, 0.2) is 18.6 Å². The molecule has 2 heterocycles. The molecule has 14 heavy (non-hydrogen) atoms. The molecular weight excluding hydrogens is 182 g/mol. The Labute approximate surface area is 80.0 Å². The molecule has 0 unspecified atom stereocenters. The SMILES string of the molecule is Cn1ccnc1CC(=O)c1cn[nH]n1. The van der Waals surface area contributed by atoms with Gasteiger partial charge in [-0.3, -0.25) is 4.79 Å². The summed E-state index contributed by atoms with van der Waals surface area (Å²) < 4.78 is 1.80. The van der Waals surface area contributed by atoms with E-state index in [1.807, 2.05) is 7.05 Å². The predicted octanol–water partition coefficient (Wildman–Crippen LogP) is -0.0364. The highest BCUT2D eigenvalue weighted by molar-refractivity contribution is 5.94. The number of aromatic nitrogens is 5. The van der Waals surface area contributed by atoms with E-state index in [-0.39, 0.29) is 12.2 Å². The Kier molecular flexibility index (Phi) is 2.10. The first-order chi connectivity index (χ1) is 6.77. The summed E-state index contributed by atoms with van der Waals surface area (Å²) in [4.78, 5) is 15.6. The van der Waals surface area contributed by atoms with Gasteiger partial charge < -0.3 is 4.57 Å². The van der Waals surface area contributed by atoms with Gasteiger partial charge >= 0.3 is 0 Å². The largest absolute Gasteiger partial charge is 0.338 e. The highest BCUT2D eigenvalue weighted by Gasteiger charge is 2.11. The number of aromatic amines is 1. The Bertz CT molecular complexity index is 430. The van der Waals surface area contributed by atoms with Gasteiger partial charge in [0, 0.05) is 19.4 Å². The molecular formula is C8H9N5O. The summed E-state index contributed by atoms with van der Waals surface area (Å²) >= 11 is 0. The molecule has 72 valence electrons. The third-order valence-corrected chi connectivity index (χ3v) is 1.94. The van der Waals surface area contributed by atoms with Crippen molar-refractivity contribution in [1.82, 2.24) is 25.0 Å². The molecule has 0 spiro atoms. The molecule has 0 fully saturated rings. The van der Waals surface area contributed by atoms with Gasteiger partial charge in [-0.2, -0.15) is 15.4 Å². The third kappa shape index (κ3) is 1.54. The fourth-order valence-corrected chi connectivity index (χ4v) is 1.14. The first-order valence-corrected chi connectivity index (χ1v) is 4.12. The van der Waals surface area contributed by atoms with Gasteiger partial charge in [0.15, 0.2) is 5.78 Å². The van der Waals surface area contributed by atoms with E-state index in [2.05, 4.69) is 20.4 Å². The lowest BCUT2D eigenvalue weighted by Gasteiger charge is -1.97. The van der Waals surface area contributed by atoms with Gasteiger partial charge in [0.2, 0.25) is 0 Å². The van der Waals surface area contributed by atoms with Crippen molar-refractivity contribution >= 4 is 5.78 Å². The number of Topliss-reactive ketones (excluding diaryl/α,β-unsaturated/α-hetero) is 1. The Morgan fingerprint density at radius 1 is 1.64 bits per heavy atom. The van der Waals surface area contributed by atoms with Crippen LogP contribution in [0.1, 0.15) is 16.3 Å². The van der Waals surface area contributed by atoms with Gasteiger partial charge in [-0.25, -0.2) is 4.98 Å². The van der Waals surface area contributed by atoms with E-state index >= 15 is 0 Å². The average Bonchev–Trinajstić information content (AvgIpc) is 2.77. The maximum absolute atomic E-state index is 11.5. The van der Waals surface area contributed by atoms with Crippen LogP contribution in [0, 0.1) is 0 Å². The molecule has 2 aromatic heterocycles. The van der Waals surface area contributed by atoms with Gasteiger partial charge in [-0.05, 0) is 0 Å². The van der Waals surface area contributed by atoms with Crippen molar-refractivity contribution in [3.8, 4) is 0 Å². The maximum atomic E-state index is 11.5. The number of rotatable bonds is 3. The van der Waals surface area contributed by atoms with Crippen molar-refractivity contribution in [2.24, 2.45) is 7.05 Å². The number of H-pyrrole nitrogens is 1. The van der Waals surface area contributed by atoms with E-state index in [9.17, 15) is 4.79 Å². The summed E-state index contributed by atoms with van der Waals surface area (Å²) in [6.45, 7) is 0. The Morgan fingerprint density at radius 3 is 3.07 bits per heavy atom. The van der Waals surface area contributed by atoms with Crippen LogP contribution in [0.5, 0.6) is 0 Å². The molecule has 0 saturated carbocycles. The molecule has 0 amide bonds. The maximum Gasteiger partial charge on any atom is 0.192 e. The number of nitrogens with zero attached hydrogens (tertiary/aromatic N) is 4. The van der Waals surface area contributed by atoms with E-state index < -0.39 is 0 Å². The molecule has 0 aliphatic carbocycles. The van der Waals surface area contributed by atoms with Gasteiger partial charge in [0.1, 0.15) is 11.5 Å². The Hall–Kier alpha value is -1.98. The molecule has 2 rings (SSSR count). The van der Waals surface area contributed by atoms with Crippen LogP contribution >= 0.6 is 0 Å². The summed E-state index contributed by atoms with van der Waals surface area (Å²) in [5.74, 6) is 0.631. The number of imidazole rings is 1. The Balaban J connectivity index is 2.13. The molecule has 6 nitrogen and oxygen atoms in total. The predicted molar refractivity (Wildman–Crippen MR) is 47.6 cm³/mol. The molecule has 0 aliphatic rings. The normalized spacial score (nSPS) is 10.4. The molecule has 0 atom stereocenters. The lowest BCUT2D eigenvalue weighted by Crippen LogP contribution is -2.08. The standard InChI is InChI=1S/C8H9N5O/c1-13-3-2-9-8(13)4-7(14)6-5-10-12-11-6/h2-3,5H,4H2,1H3,(H,10,11,12). The molecule has 0 aromatic carbocycles. The van der Waals surface area contributed by atoms with Crippen LogP contribution in [0.2, 0.25) is 0 Å². The number of carbonyl (C=O) groups excluding carboxylic acids is 1. The second kappa shape index (κ2) is 3.41. The number of carbonyl (C=O) groups is 1. The number of ketones is 1. The first kappa shape index (κ1) is 8.61. The smallest absolute Gasteiger partial charge is 0.192 e. The van der Waals surface area contributed by atoms with E-state index in [1.165, 1.54) is 6.20 Å². The molecule has 0 radical (unpaired) electrons. The van der Waals surface area contributed by atoms with Crippen molar-refractivity contribution in [3.05, 3.63) is 30.1 Å². The first-order valence-electron chi connectivity index (χ1n) is 4.12. The van der Waals surface area contributed by atoms with Crippen LogP contribution < -0.4 is 0 Å². The van der Waals surface area contributed by atoms with E-state index in [0.29, 0.717) is 5.69 Å². The van der Waals surface area contributed by atoms with Crippen LogP contribution in [0.25, 0.3) is 0 Å². The van der Waals surface area contributed by atoms with Crippen molar-refractivity contribution < 1.29 is 4.79 Å². The fourth-order valence-electron chi connectivity index (χ4n) is 1.14. The minimum atomic E-state index is -0.0898. The zero-order chi connectivity index (χ0) is 9.97. The second-order valence-electron chi connectivity index (χ2n) is 2.91. The average molecular weight is 191 g/mol. The summed E-state index contributed by atoms with van der Waals surface area (Å²) in [6.07, 6.45) is 5.11. The summed E-state index contributed by atoms with van der Waals surface area (Å²) in [7, 11) is 1.85. The van der Waals surface area contributed by atoms with Gasteiger partial charge in [-0.15, -0.1) is 0 Å². The number of hydrogen-bond donors (Lipinski definition) is 1. The van der Waals surface area contributed by atoms with Crippen molar-refractivity contribution in [2.75, 3.05) is 0 Å². The van der Waals surface area contributed by atoms with Crippen LogP contribution in [-0.4, -0.2) is 30.7 Å². The number of nitrogens with one attached hydrogen (secondary N) is 1. The molecule has 6 heteroatoms. The van der Waals surface area contributed by atoms with E-state index in [1.54, 1.807) is 17.0 Å². The Morgan fingerprint density at radius 2 is 2.50 bits per heavy atom. The van der Waals surface area contributed by atoms with E-state index in [0.717, 1.165) is 5.82 Å². The monoisotopic (exact) mass is 191 g/mol. The van der Waals surface area contributed by atoms with Crippen LogP contribution in [0.4, 0.5) is 0 Å². The topological polar surface area (TPSA) is 76.5 Å². The van der Waals surface area contributed by atoms with Gasteiger partial charge in [0.05, 0.1) is 12.6 Å². The third-order valence-electron chi connectivity index (χ3n) is 1.94. The highest BCUT2D eigenvalue weighted by atomic mass is 16.1. The van der Waals surface area contributed by atoms with Gasteiger partial charge in [-0.1, -0.05) is 0 Å². The fraction of sp³-hybridized carbons (Fsp3) is 0.250. The van der Waals surface area contributed by atoms with E-state index in [4.69, 9.17) is 0 Å². The zero-order valence-corrected chi connectivity index (χ0v) is 7.64. The number of hydrogen-bond acceptors (Lipinski definition) is 4.